The van der Waals surface area contributed by atoms with Gasteiger partial charge >= 0.3 is 5.97 Å². The van der Waals surface area contributed by atoms with Crippen LogP contribution in [-0.4, -0.2) is 54.3 Å². The quantitative estimate of drug-likeness (QED) is 0.305. The number of phenols is 1. The van der Waals surface area contributed by atoms with Crippen LogP contribution in [0.15, 0.2) is 49.3 Å². The van der Waals surface area contributed by atoms with Gasteiger partial charge < -0.3 is 19.8 Å². The maximum atomic E-state index is 12.8. The maximum Gasteiger partial charge on any atom is 0.347 e. The standard InChI is InChI=1S/C20H22Br2N2O7S/c1-4-24(5-2)32(28,29)18-10-14(6-7-17(18)25)30-19-15(21)8-13(9-16(19)22)11-23-31-12(3)20(26)27/h6-12,25H,4-5H2,1-3H3,(H,26,27)/b23-11-. The van der Waals surface area contributed by atoms with Gasteiger partial charge in [-0.1, -0.05) is 19.0 Å². The van der Waals surface area contributed by atoms with Gasteiger partial charge in [0.25, 0.3) is 0 Å². The lowest BCUT2D eigenvalue weighted by Crippen LogP contribution is -2.30. The Hall–Kier alpha value is -2.15. The van der Waals surface area contributed by atoms with E-state index in [1.807, 2.05) is 0 Å². The number of ether oxygens (including phenoxy) is 1. The van der Waals surface area contributed by atoms with Crippen LogP contribution in [0.4, 0.5) is 0 Å². The molecule has 0 saturated carbocycles. The second-order valence-electron chi connectivity index (χ2n) is 6.45. The summed E-state index contributed by atoms with van der Waals surface area (Å²) in [4.78, 5) is 15.3. The zero-order valence-electron chi connectivity index (χ0n) is 17.4. The van der Waals surface area contributed by atoms with E-state index in [-0.39, 0.29) is 29.5 Å². The van der Waals surface area contributed by atoms with Crippen LogP contribution in [0.5, 0.6) is 17.2 Å². The van der Waals surface area contributed by atoms with Crippen molar-refractivity contribution in [1.82, 2.24) is 4.31 Å². The van der Waals surface area contributed by atoms with E-state index < -0.39 is 22.1 Å². The van der Waals surface area contributed by atoms with Crippen molar-refractivity contribution in [2.75, 3.05) is 13.1 Å². The monoisotopic (exact) mass is 592 g/mol. The van der Waals surface area contributed by atoms with Gasteiger partial charge in [-0.2, -0.15) is 4.31 Å². The number of nitrogens with zero attached hydrogens (tertiary/aromatic N) is 2. The summed E-state index contributed by atoms with van der Waals surface area (Å²) in [5.74, 6) is -0.942. The molecule has 2 rings (SSSR count). The van der Waals surface area contributed by atoms with E-state index in [9.17, 15) is 18.3 Å². The van der Waals surface area contributed by atoms with Gasteiger partial charge in [-0.25, -0.2) is 13.2 Å². The number of halogens is 2. The van der Waals surface area contributed by atoms with E-state index in [2.05, 4.69) is 37.0 Å². The van der Waals surface area contributed by atoms with Gasteiger partial charge in [0, 0.05) is 19.2 Å². The van der Waals surface area contributed by atoms with Crippen LogP contribution in [0.25, 0.3) is 0 Å². The van der Waals surface area contributed by atoms with Crippen molar-refractivity contribution >= 4 is 54.1 Å². The average Bonchev–Trinajstić information content (AvgIpc) is 2.72. The van der Waals surface area contributed by atoms with Crippen molar-refractivity contribution in [1.29, 1.82) is 0 Å². The van der Waals surface area contributed by atoms with E-state index in [1.54, 1.807) is 26.0 Å². The van der Waals surface area contributed by atoms with Crippen molar-refractivity contribution in [3.63, 3.8) is 0 Å². The fraction of sp³-hybridized carbons (Fsp3) is 0.300. The minimum Gasteiger partial charge on any atom is -0.507 e. The third kappa shape index (κ3) is 6.21. The van der Waals surface area contributed by atoms with E-state index in [0.717, 1.165) is 0 Å². The number of rotatable bonds is 10. The number of carbonyl (C=O) groups is 1. The van der Waals surface area contributed by atoms with E-state index in [1.165, 1.54) is 35.6 Å². The number of hydrogen-bond acceptors (Lipinski definition) is 7. The molecule has 2 N–H and O–H groups in total. The summed E-state index contributed by atoms with van der Waals surface area (Å²) in [7, 11) is -3.89. The van der Waals surface area contributed by atoms with E-state index in [0.29, 0.717) is 20.3 Å². The third-order valence-corrected chi connectivity index (χ3v) is 7.52. The van der Waals surface area contributed by atoms with Crippen LogP contribution < -0.4 is 4.74 Å². The van der Waals surface area contributed by atoms with Crippen LogP contribution in [0.2, 0.25) is 0 Å². The number of aliphatic carboxylic acids is 1. The lowest BCUT2D eigenvalue weighted by molar-refractivity contribution is -0.149. The molecule has 1 atom stereocenters. The van der Waals surface area contributed by atoms with Crippen molar-refractivity contribution < 1.29 is 33.0 Å². The molecular weight excluding hydrogens is 572 g/mol. The Morgan fingerprint density at radius 3 is 2.31 bits per heavy atom. The second kappa shape index (κ2) is 11.1. The van der Waals surface area contributed by atoms with Crippen molar-refractivity contribution in [2.45, 2.75) is 31.8 Å². The molecular formula is C20H22Br2N2O7S. The molecule has 2 aromatic carbocycles. The van der Waals surface area contributed by atoms with Crippen molar-refractivity contribution in [3.8, 4) is 17.2 Å². The largest absolute Gasteiger partial charge is 0.507 e. The predicted molar refractivity (Wildman–Crippen MR) is 126 cm³/mol. The SMILES string of the molecule is CCN(CC)S(=O)(=O)c1cc(Oc2c(Br)cc(/C=N\OC(C)C(=O)O)cc2Br)ccc1O. The highest BCUT2D eigenvalue weighted by molar-refractivity contribution is 9.11. The Labute approximate surface area is 202 Å². The number of sulfonamides is 1. The summed E-state index contributed by atoms with van der Waals surface area (Å²) in [5.41, 5.74) is 0.587. The summed E-state index contributed by atoms with van der Waals surface area (Å²) in [6.45, 7) is 5.31. The maximum absolute atomic E-state index is 12.8. The van der Waals surface area contributed by atoms with Gasteiger partial charge in [0.05, 0.1) is 15.2 Å². The Bertz CT molecular complexity index is 1100. The zero-order chi connectivity index (χ0) is 24.1. The van der Waals surface area contributed by atoms with Crippen LogP contribution in [0.3, 0.4) is 0 Å². The number of hydrogen-bond donors (Lipinski definition) is 2. The molecule has 0 heterocycles. The molecule has 32 heavy (non-hydrogen) atoms. The van der Waals surface area contributed by atoms with Crippen LogP contribution in [-0.2, 0) is 19.7 Å². The molecule has 0 aliphatic carbocycles. The number of phenolic OH excluding ortho intramolecular Hbond substituents is 1. The molecule has 0 aliphatic rings. The minimum absolute atomic E-state index is 0.204. The topological polar surface area (TPSA) is 126 Å². The fourth-order valence-electron chi connectivity index (χ4n) is 2.56. The van der Waals surface area contributed by atoms with Gasteiger partial charge in [-0.05, 0) is 68.6 Å². The molecule has 9 nitrogen and oxygen atoms in total. The molecule has 12 heteroatoms. The van der Waals surface area contributed by atoms with Gasteiger partial charge in [0.1, 0.15) is 16.4 Å². The minimum atomic E-state index is -3.89. The molecule has 0 fully saturated rings. The molecule has 0 saturated heterocycles. The molecule has 0 aliphatic heterocycles. The first-order valence-electron chi connectivity index (χ1n) is 9.43. The highest BCUT2D eigenvalue weighted by atomic mass is 79.9. The van der Waals surface area contributed by atoms with Crippen LogP contribution in [0.1, 0.15) is 26.3 Å². The van der Waals surface area contributed by atoms with Gasteiger partial charge in [0.2, 0.25) is 16.1 Å². The molecule has 174 valence electrons. The fourth-order valence-corrected chi connectivity index (χ4v) is 5.50. The van der Waals surface area contributed by atoms with E-state index in [4.69, 9.17) is 14.7 Å². The summed E-state index contributed by atoms with van der Waals surface area (Å²) >= 11 is 6.78. The van der Waals surface area contributed by atoms with Gasteiger partial charge in [-0.3, -0.25) is 0 Å². The Morgan fingerprint density at radius 1 is 1.19 bits per heavy atom. The molecule has 0 spiro atoms. The smallest absolute Gasteiger partial charge is 0.347 e. The second-order valence-corrected chi connectivity index (χ2v) is 10.1. The number of carboxylic acids is 1. The Balaban J connectivity index is 2.32. The zero-order valence-corrected chi connectivity index (χ0v) is 21.4. The third-order valence-electron chi connectivity index (χ3n) is 4.26. The molecule has 0 amide bonds. The summed E-state index contributed by atoms with van der Waals surface area (Å²) in [6.07, 6.45) is 0.255. The Kier molecular flexibility index (Phi) is 9.08. The highest BCUT2D eigenvalue weighted by Crippen LogP contribution is 2.39. The first-order chi connectivity index (χ1) is 15.0. The summed E-state index contributed by atoms with van der Waals surface area (Å²) in [5, 5.41) is 22.6. The predicted octanol–water partition coefficient (Wildman–Crippen LogP) is 4.56. The van der Waals surface area contributed by atoms with E-state index >= 15 is 0 Å². The summed E-state index contributed by atoms with van der Waals surface area (Å²) in [6, 6.07) is 7.29. The van der Waals surface area contributed by atoms with Crippen LogP contribution >= 0.6 is 31.9 Å². The highest BCUT2D eigenvalue weighted by Gasteiger charge is 2.26. The average molecular weight is 594 g/mol. The molecule has 0 radical (unpaired) electrons. The van der Waals surface area contributed by atoms with Crippen LogP contribution in [0, 0.1) is 0 Å². The number of benzene rings is 2. The molecule has 2 aromatic rings. The molecule has 0 bridgehead atoms. The number of carboxylic acid groups (broad SMARTS) is 1. The van der Waals surface area contributed by atoms with Crippen molar-refractivity contribution in [3.05, 3.63) is 44.8 Å². The lowest BCUT2D eigenvalue weighted by atomic mass is 10.2. The Morgan fingerprint density at radius 2 is 1.78 bits per heavy atom. The molecule has 0 aromatic heterocycles. The van der Waals surface area contributed by atoms with Gasteiger partial charge in [-0.15, -0.1) is 0 Å². The normalized spacial score (nSPS) is 12.8. The summed E-state index contributed by atoms with van der Waals surface area (Å²) < 4.78 is 33.8. The number of aromatic hydroxyl groups is 1. The first-order valence-corrected chi connectivity index (χ1v) is 12.5. The first kappa shape index (κ1) is 26.1. The van der Waals surface area contributed by atoms with Crippen molar-refractivity contribution in [2.24, 2.45) is 5.16 Å². The molecule has 1 unspecified atom stereocenters. The number of oxime groups is 1. The lowest BCUT2D eigenvalue weighted by Gasteiger charge is -2.19. The van der Waals surface area contributed by atoms with Gasteiger partial charge in [0.15, 0.2) is 5.75 Å².